The maximum atomic E-state index is 9.19. The molecule has 4 heteroatoms. The standard InChI is InChI=1S/C13H24N2OS/c1-17-13(12-14)6-9-15(10-7-13)8-4-2-3-5-11-16/h16H,2-11H2,1H3. The summed E-state index contributed by atoms with van der Waals surface area (Å²) in [5.74, 6) is 0. The van der Waals surface area contributed by atoms with Crippen molar-refractivity contribution in [1.82, 2.24) is 4.90 Å². The Kier molecular flexibility index (Phi) is 6.94. The van der Waals surface area contributed by atoms with Crippen LogP contribution >= 0.6 is 11.8 Å². The number of aliphatic hydroxyl groups is 1. The SMILES string of the molecule is CSC1(C#N)CCN(CCCCCCO)CC1. The summed E-state index contributed by atoms with van der Waals surface area (Å²) in [5, 5.41) is 17.9. The van der Waals surface area contributed by atoms with Crippen LogP contribution in [-0.2, 0) is 0 Å². The Morgan fingerprint density at radius 1 is 1.24 bits per heavy atom. The number of nitrogens with zero attached hydrogens (tertiary/aromatic N) is 2. The Morgan fingerprint density at radius 3 is 2.41 bits per heavy atom. The number of unbranched alkanes of at least 4 members (excludes halogenated alkanes) is 3. The van der Waals surface area contributed by atoms with E-state index in [9.17, 15) is 5.26 Å². The van der Waals surface area contributed by atoms with Crippen molar-refractivity contribution in [2.24, 2.45) is 0 Å². The first-order valence-corrected chi connectivity index (χ1v) is 7.78. The van der Waals surface area contributed by atoms with Crippen molar-refractivity contribution in [2.45, 2.75) is 43.3 Å². The molecule has 0 aromatic carbocycles. The first-order chi connectivity index (χ1) is 8.26. The number of piperidine rings is 1. The monoisotopic (exact) mass is 256 g/mol. The Bertz CT molecular complexity index is 244. The van der Waals surface area contributed by atoms with Gasteiger partial charge in [-0.25, -0.2) is 0 Å². The maximum absolute atomic E-state index is 9.19. The van der Waals surface area contributed by atoms with Gasteiger partial charge in [0.05, 0.1) is 6.07 Å². The lowest BCUT2D eigenvalue weighted by Gasteiger charge is -2.36. The van der Waals surface area contributed by atoms with Gasteiger partial charge in [0, 0.05) is 19.7 Å². The number of aliphatic hydroxyl groups excluding tert-OH is 1. The van der Waals surface area contributed by atoms with Gasteiger partial charge >= 0.3 is 0 Å². The van der Waals surface area contributed by atoms with Gasteiger partial charge < -0.3 is 10.0 Å². The molecule has 1 aliphatic rings. The number of hydrogen-bond acceptors (Lipinski definition) is 4. The predicted octanol–water partition coefficient (Wildman–Crippen LogP) is 2.26. The molecule has 0 amide bonds. The van der Waals surface area contributed by atoms with Gasteiger partial charge in [0.15, 0.2) is 0 Å². The number of hydrogen-bond donors (Lipinski definition) is 1. The molecule has 1 N–H and O–H groups in total. The summed E-state index contributed by atoms with van der Waals surface area (Å²) < 4.78 is -0.118. The van der Waals surface area contributed by atoms with Crippen LogP contribution in [0.5, 0.6) is 0 Å². The van der Waals surface area contributed by atoms with Crippen molar-refractivity contribution in [1.29, 1.82) is 5.26 Å². The van der Waals surface area contributed by atoms with Crippen molar-refractivity contribution in [2.75, 3.05) is 32.5 Å². The number of rotatable bonds is 7. The molecule has 0 saturated carbocycles. The number of likely N-dealkylation sites (tertiary alicyclic amines) is 1. The van der Waals surface area contributed by atoms with E-state index < -0.39 is 0 Å². The summed E-state index contributed by atoms with van der Waals surface area (Å²) in [7, 11) is 0. The van der Waals surface area contributed by atoms with Crippen LogP contribution in [0.15, 0.2) is 0 Å². The molecule has 0 aromatic rings. The predicted molar refractivity (Wildman–Crippen MR) is 73.1 cm³/mol. The number of nitriles is 1. The summed E-state index contributed by atoms with van der Waals surface area (Å²) in [6.07, 6.45) is 8.56. The fourth-order valence-electron chi connectivity index (χ4n) is 2.30. The van der Waals surface area contributed by atoms with Crippen molar-refractivity contribution in [3.63, 3.8) is 0 Å². The highest BCUT2D eigenvalue weighted by molar-refractivity contribution is 8.00. The van der Waals surface area contributed by atoms with Crippen LogP contribution < -0.4 is 0 Å². The van der Waals surface area contributed by atoms with Crippen molar-refractivity contribution < 1.29 is 5.11 Å². The maximum Gasteiger partial charge on any atom is 0.104 e. The largest absolute Gasteiger partial charge is 0.396 e. The van der Waals surface area contributed by atoms with Gasteiger partial charge in [-0.15, -0.1) is 11.8 Å². The Morgan fingerprint density at radius 2 is 1.88 bits per heavy atom. The van der Waals surface area contributed by atoms with Crippen LogP contribution in [0.1, 0.15) is 38.5 Å². The van der Waals surface area contributed by atoms with E-state index in [1.807, 2.05) is 6.26 Å². The third kappa shape index (κ3) is 4.87. The van der Waals surface area contributed by atoms with Crippen LogP contribution in [0.3, 0.4) is 0 Å². The molecule has 1 fully saturated rings. The van der Waals surface area contributed by atoms with Crippen molar-refractivity contribution in [3.8, 4) is 6.07 Å². The van der Waals surface area contributed by atoms with Gasteiger partial charge in [-0.1, -0.05) is 12.8 Å². The molecule has 0 spiro atoms. The molecule has 0 aromatic heterocycles. The topological polar surface area (TPSA) is 47.3 Å². The van der Waals surface area contributed by atoms with Crippen LogP contribution in [0, 0.1) is 11.3 Å². The van der Waals surface area contributed by atoms with E-state index in [0.29, 0.717) is 6.61 Å². The first-order valence-electron chi connectivity index (χ1n) is 6.56. The second-order valence-electron chi connectivity index (χ2n) is 4.79. The summed E-state index contributed by atoms with van der Waals surface area (Å²) in [6.45, 7) is 3.60. The van der Waals surface area contributed by atoms with Crippen molar-refractivity contribution >= 4 is 11.8 Å². The molecule has 0 bridgehead atoms. The Balaban J connectivity index is 2.13. The third-order valence-electron chi connectivity index (χ3n) is 3.64. The molecular weight excluding hydrogens is 232 g/mol. The molecule has 0 radical (unpaired) electrons. The molecule has 1 aliphatic heterocycles. The average Bonchev–Trinajstić information content (AvgIpc) is 2.39. The van der Waals surface area contributed by atoms with E-state index in [0.717, 1.165) is 45.3 Å². The highest BCUT2D eigenvalue weighted by atomic mass is 32.2. The zero-order chi connectivity index (χ0) is 12.6. The van der Waals surface area contributed by atoms with Crippen LogP contribution in [0.4, 0.5) is 0 Å². The van der Waals surface area contributed by atoms with E-state index in [-0.39, 0.29) is 4.75 Å². The van der Waals surface area contributed by atoms with Gasteiger partial charge in [-0.3, -0.25) is 0 Å². The Labute approximate surface area is 109 Å². The van der Waals surface area contributed by atoms with E-state index in [1.54, 1.807) is 11.8 Å². The quantitative estimate of drug-likeness (QED) is 0.710. The molecule has 0 aliphatic carbocycles. The molecule has 0 atom stereocenters. The van der Waals surface area contributed by atoms with Crippen LogP contribution in [-0.4, -0.2) is 47.3 Å². The minimum absolute atomic E-state index is 0.118. The molecule has 3 nitrogen and oxygen atoms in total. The van der Waals surface area contributed by atoms with E-state index in [2.05, 4.69) is 11.0 Å². The van der Waals surface area contributed by atoms with E-state index >= 15 is 0 Å². The smallest absolute Gasteiger partial charge is 0.104 e. The fourth-order valence-corrected chi connectivity index (χ4v) is 2.98. The number of thioether (sulfide) groups is 1. The molecule has 98 valence electrons. The van der Waals surface area contributed by atoms with Crippen LogP contribution in [0.2, 0.25) is 0 Å². The first kappa shape index (κ1) is 14.8. The minimum Gasteiger partial charge on any atom is -0.396 e. The Hall–Kier alpha value is -0.240. The summed E-state index contributed by atoms with van der Waals surface area (Å²) in [5.41, 5.74) is 0. The lowest BCUT2D eigenvalue weighted by atomic mass is 9.97. The second-order valence-corrected chi connectivity index (χ2v) is 5.98. The molecule has 0 unspecified atom stereocenters. The summed E-state index contributed by atoms with van der Waals surface area (Å²) in [6, 6.07) is 2.48. The van der Waals surface area contributed by atoms with Gasteiger partial charge in [0.25, 0.3) is 0 Å². The normalized spacial score (nSPS) is 20.1. The highest BCUT2D eigenvalue weighted by Crippen LogP contribution is 2.33. The van der Waals surface area contributed by atoms with Gasteiger partial charge in [0.1, 0.15) is 4.75 Å². The molecule has 1 heterocycles. The van der Waals surface area contributed by atoms with Gasteiger partial charge in [-0.2, -0.15) is 5.26 Å². The lowest BCUT2D eigenvalue weighted by Crippen LogP contribution is -2.41. The summed E-state index contributed by atoms with van der Waals surface area (Å²) >= 11 is 1.71. The van der Waals surface area contributed by atoms with Crippen LogP contribution in [0.25, 0.3) is 0 Å². The summed E-state index contributed by atoms with van der Waals surface area (Å²) in [4.78, 5) is 2.48. The van der Waals surface area contributed by atoms with Gasteiger partial charge in [0.2, 0.25) is 0 Å². The molecular formula is C13H24N2OS. The van der Waals surface area contributed by atoms with Crippen molar-refractivity contribution in [3.05, 3.63) is 0 Å². The molecule has 1 saturated heterocycles. The lowest BCUT2D eigenvalue weighted by molar-refractivity contribution is 0.211. The van der Waals surface area contributed by atoms with Gasteiger partial charge in [-0.05, 0) is 38.5 Å². The fraction of sp³-hybridized carbons (Fsp3) is 0.923. The second kappa shape index (κ2) is 7.97. The highest BCUT2D eigenvalue weighted by Gasteiger charge is 2.33. The average molecular weight is 256 g/mol. The third-order valence-corrected chi connectivity index (χ3v) is 4.92. The molecule has 17 heavy (non-hydrogen) atoms. The van der Waals surface area contributed by atoms with E-state index in [4.69, 9.17) is 5.11 Å². The zero-order valence-electron chi connectivity index (χ0n) is 10.8. The minimum atomic E-state index is -0.118. The molecule has 1 rings (SSSR count). The van der Waals surface area contributed by atoms with E-state index in [1.165, 1.54) is 12.8 Å². The zero-order valence-corrected chi connectivity index (χ0v) is 11.6.